The third-order valence-electron chi connectivity index (χ3n) is 4.04. The van der Waals surface area contributed by atoms with Gasteiger partial charge in [0.2, 0.25) is 5.95 Å². The van der Waals surface area contributed by atoms with Crippen LogP contribution in [0.1, 0.15) is 5.56 Å². The van der Waals surface area contributed by atoms with Crippen LogP contribution in [0.4, 0.5) is 27.9 Å². The predicted molar refractivity (Wildman–Crippen MR) is 90.6 cm³/mol. The molecule has 8 nitrogen and oxygen atoms in total. The van der Waals surface area contributed by atoms with Gasteiger partial charge in [-0.15, -0.1) is 0 Å². The maximum absolute atomic E-state index is 11.4. The Bertz CT molecular complexity index is 743. The fraction of sp³-hybridized carbons (Fsp3) is 0.312. The number of carbonyl (C=O) groups excluding carboxylic acids is 1. The normalized spacial score (nSPS) is 16.8. The van der Waals surface area contributed by atoms with E-state index in [1.54, 1.807) is 6.20 Å². The molecule has 3 N–H and O–H groups in total. The second kappa shape index (κ2) is 6.32. The number of nitrogens with zero attached hydrogens (tertiary/aromatic N) is 3. The quantitative estimate of drug-likeness (QED) is 0.795. The zero-order valence-corrected chi connectivity index (χ0v) is 13.1. The van der Waals surface area contributed by atoms with Gasteiger partial charge in [-0.1, -0.05) is 0 Å². The van der Waals surface area contributed by atoms with Gasteiger partial charge < -0.3 is 20.3 Å². The van der Waals surface area contributed by atoms with E-state index in [1.807, 2.05) is 12.1 Å². The summed E-state index contributed by atoms with van der Waals surface area (Å²) in [5.41, 5.74) is 2.93. The van der Waals surface area contributed by atoms with E-state index in [0.717, 1.165) is 37.6 Å². The van der Waals surface area contributed by atoms with Gasteiger partial charge in [-0.3, -0.25) is 5.32 Å². The summed E-state index contributed by atoms with van der Waals surface area (Å²) >= 11 is 0. The van der Waals surface area contributed by atoms with Crippen LogP contribution in [0.2, 0.25) is 0 Å². The number of fused-ring (bicyclic) bond motifs is 1. The van der Waals surface area contributed by atoms with Crippen LogP contribution in [0.5, 0.6) is 0 Å². The van der Waals surface area contributed by atoms with Crippen molar-refractivity contribution < 1.29 is 9.53 Å². The lowest BCUT2D eigenvalue weighted by Crippen LogP contribution is -2.36. The summed E-state index contributed by atoms with van der Waals surface area (Å²) in [6.07, 6.45) is 1.71. The van der Waals surface area contributed by atoms with E-state index in [9.17, 15) is 4.79 Å². The molecule has 0 saturated carbocycles. The van der Waals surface area contributed by atoms with Gasteiger partial charge in [0.15, 0.2) is 0 Å². The fourth-order valence-corrected chi connectivity index (χ4v) is 2.74. The molecule has 1 fully saturated rings. The summed E-state index contributed by atoms with van der Waals surface area (Å²) in [4.78, 5) is 22.3. The minimum atomic E-state index is -0.248. The van der Waals surface area contributed by atoms with Crippen LogP contribution >= 0.6 is 0 Å². The third kappa shape index (κ3) is 3.09. The van der Waals surface area contributed by atoms with E-state index < -0.39 is 0 Å². The third-order valence-corrected chi connectivity index (χ3v) is 4.04. The van der Waals surface area contributed by atoms with E-state index in [-0.39, 0.29) is 6.03 Å². The molecule has 0 atom stereocenters. The lowest BCUT2D eigenvalue weighted by Gasteiger charge is -2.28. The molecule has 0 aliphatic carbocycles. The molecule has 0 bridgehead atoms. The summed E-state index contributed by atoms with van der Waals surface area (Å²) < 4.78 is 5.37. The van der Waals surface area contributed by atoms with Gasteiger partial charge in [-0.2, -0.15) is 4.98 Å². The first-order valence-corrected chi connectivity index (χ1v) is 7.88. The van der Waals surface area contributed by atoms with Crippen molar-refractivity contribution in [2.45, 2.75) is 6.54 Å². The van der Waals surface area contributed by atoms with Crippen molar-refractivity contribution in [2.24, 2.45) is 0 Å². The number of nitrogens with one attached hydrogen (secondary N) is 3. The fourth-order valence-electron chi connectivity index (χ4n) is 2.74. The Morgan fingerprint density at radius 3 is 2.75 bits per heavy atom. The lowest BCUT2D eigenvalue weighted by atomic mass is 10.2. The minimum absolute atomic E-state index is 0.248. The first kappa shape index (κ1) is 14.7. The molecule has 2 aromatic rings. The number of morpholine rings is 1. The van der Waals surface area contributed by atoms with E-state index in [2.05, 4.69) is 43.0 Å². The van der Waals surface area contributed by atoms with Crippen LogP contribution < -0.4 is 20.9 Å². The summed E-state index contributed by atoms with van der Waals surface area (Å²) in [6.45, 7) is 3.80. The molecule has 0 radical (unpaired) electrons. The van der Waals surface area contributed by atoms with E-state index in [4.69, 9.17) is 4.74 Å². The highest BCUT2D eigenvalue weighted by molar-refractivity contribution is 5.91. The molecule has 4 rings (SSSR count). The Morgan fingerprint density at radius 1 is 1.17 bits per heavy atom. The SMILES string of the molecule is O=C1NCc2cnc(Nc3ccc(N4CCOCC4)cc3)nc2N1. The predicted octanol–water partition coefficient (Wildman–Crippen LogP) is 1.69. The maximum atomic E-state index is 11.4. The van der Waals surface area contributed by atoms with Gasteiger partial charge in [0.1, 0.15) is 5.82 Å². The Balaban J connectivity index is 1.47. The highest BCUT2D eigenvalue weighted by atomic mass is 16.5. The molecule has 24 heavy (non-hydrogen) atoms. The number of hydrogen-bond acceptors (Lipinski definition) is 6. The van der Waals surface area contributed by atoms with Gasteiger partial charge in [-0.05, 0) is 24.3 Å². The molecule has 1 aromatic carbocycles. The molecule has 0 unspecified atom stereocenters. The molecule has 1 aromatic heterocycles. The molecule has 1 saturated heterocycles. The van der Waals surface area contributed by atoms with Crippen molar-refractivity contribution in [1.29, 1.82) is 0 Å². The van der Waals surface area contributed by atoms with E-state index in [0.29, 0.717) is 18.3 Å². The number of benzene rings is 1. The van der Waals surface area contributed by atoms with Crippen molar-refractivity contribution in [2.75, 3.05) is 41.8 Å². The minimum Gasteiger partial charge on any atom is -0.378 e. The molecule has 0 spiro atoms. The zero-order chi connectivity index (χ0) is 16.4. The Hall–Kier alpha value is -2.87. The second-order valence-corrected chi connectivity index (χ2v) is 5.65. The second-order valence-electron chi connectivity index (χ2n) is 5.65. The van der Waals surface area contributed by atoms with Gasteiger partial charge in [0.25, 0.3) is 0 Å². The molecule has 2 aliphatic heterocycles. The lowest BCUT2D eigenvalue weighted by molar-refractivity contribution is 0.122. The van der Waals surface area contributed by atoms with Gasteiger partial charge in [0.05, 0.1) is 13.2 Å². The topological polar surface area (TPSA) is 91.4 Å². The standard InChI is InChI=1S/C16H18N6O2/c23-16-18-10-11-9-17-15(20-14(11)21-16)19-12-1-3-13(4-2-12)22-5-7-24-8-6-22/h1-4,9H,5-8,10H2,(H3,17,18,19,20,21,23). The number of urea groups is 1. The molecular formula is C16H18N6O2. The van der Waals surface area contributed by atoms with Crippen LogP contribution in [0, 0.1) is 0 Å². The number of aromatic nitrogens is 2. The molecular weight excluding hydrogens is 308 g/mol. The molecule has 2 aliphatic rings. The number of amides is 2. The maximum Gasteiger partial charge on any atom is 0.320 e. The van der Waals surface area contributed by atoms with Gasteiger partial charge >= 0.3 is 6.03 Å². The molecule has 8 heteroatoms. The van der Waals surface area contributed by atoms with Crippen molar-refractivity contribution in [3.63, 3.8) is 0 Å². The summed E-state index contributed by atoms with van der Waals surface area (Å²) in [5, 5.41) is 8.52. The van der Waals surface area contributed by atoms with Crippen molar-refractivity contribution in [3.05, 3.63) is 36.0 Å². The van der Waals surface area contributed by atoms with Crippen LogP contribution in [0.3, 0.4) is 0 Å². The van der Waals surface area contributed by atoms with Crippen LogP contribution in [-0.2, 0) is 11.3 Å². The van der Waals surface area contributed by atoms with E-state index in [1.165, 1.54) is 5.69 Å². The number of ether oxygens (including phenoxy) is 1. The van der Waals surface area contributed by atoms with E-state index >= 15 is 0 Å². The van der Waals surface area contributed by atoms with Gasteiger partial charge in [-0.25, -0.2) is 9.78 Å². The Kier molecular flexibility index (Phi) is 3.87. The molecule has 124 valence electrons. The number of hydrogen-bond donors (Lipinski definition) is 3. The smallest absolute Gasteiger partial charge is 0.320 e. The molecule has 3 heterocycles. The number of rotatable bonds is 3. The highest BCUT2D eigenvalue weighted by Crippen LogP contribution is 2.22. The largest absolute Gasteiger partial charge is 0.378 e. The van der Waals surface area contributed by atoms with Crippen molar-refractivity contribution in [3.8, 4) is 0 Å². The zero-order valence-electron chi connectivity index (χ0n) is 13.1. The summed E-state index contributed by atoms with van der Waals surface area (Å²) in [5.74, 6) is 0.997. The summed E-state index contributed by atoms with van der Waals surface area (Å²) in [7, 11) is 0. The van der Waals surface area contributed by atoms with Crippen molar-refractivity contribution in [1.82, 2.24) is 15.3 Å². The first-order valence-electron chi connectivity index (χ1n) is 7.88. The average Bonchev–Trinajstić information content (AvgIpc) is 2.63. The highest BCUT2D eigenvalue weighted by Gasteiger charge is 2.16. The van der Waals surface area contributed by atoms with Gasteiger partial charge in [0, 0.05) is 42.8 Å². The van der Waals surface area contributed by atoms with Crippen LogP contribution in [-0.4, -0.2) is 42.3 Å². The summed E-state index contributed by atoms with van der Waals surface area (Å²) in [6, 6.07) is 7.87. The molecule has 2 amide bonds. The number of anilines is 4. The first-order chi connectivity index (χ1) is 11.8. The number of carbonyl (C=O) groups is 1. The average molecular weight is 326 g/mol. The Labute approximate surface area is 139 Å². The van der Waals surface area contributed by atoms with Crippen LogP contribution in [0.15, 0.2) is 30.5 Å². The van der Waals surface area contributed by atoms with Crippen molar-refractivity contribution >= 4 is 29.2 Å². The monoisotopic (exact) mass is 326 g/mol. The Morgan fingerprint density at radius 2 is 1.96 bits per heavy atom. The van der Waals surface area contributed by atoms with Crippen LogP contribution in [0.25, 0.3) is 0 Å².